The van der Waals surface area contributed by atoms with Gasteiger partial charge in [-0.15, -0.1) is 0 Å². The number of nitrogens with two attached hydrogens (primary N) is 4. The predicted octanol–water partition coefficient (Wildman–Crippen LogP) is 11.4. The molecular weight excluding hydrogens is 1740 g/mol. The van der Waals surface area contributed by atoms with Gasteiger partial charge < -0.3 is 79.7 Å². The zero-order valence-corrected chi connectivity index (χ0v) is 73.2. The monoisotopic (exact) mass is 1820 g/mol. The molecule has 3 fully saturated rings. The Morgan fingerprint density at radius 3 is 1.07 bits per heavy atom. The fraction of sp³-hybridized carbons (Fsp3) is 0.378. The van der Waals surface area contributed by atoms with Crippen molar-refractivity contribution in [1.82, 2.24) is 157 Å². The lowest BCUT2D eigenvalue weighted by Gasteiger charge is -2.27. The number of morpholine rings is 3. The van der Waals surface area contributed by atoms with E-state index in [-0.39, 0.29) is 75.0 Å². The molecule has 0 radical (unpaired) electrons. The van der Waals surface area contributed by atoms with E-state index in [0.29, 0.717) is 129 Å². The molecule has 3 aliphatic rings. The summed E-state index contributed by atoms with van der Waals surface area (Å²) in [5.41, 5.74) is 36.4. The maximum Gasteiger partial charge on any atom is 0.228 e. The first-order valence-electron chi connectivity index (χ1n) is 38.4. The Hall–Kier alpha value is -12.0. The van der Waals surface area contributed by atoms with Gasteiger partial charge in [-0.2, -0.15) is 29.9 Å². The van der Waals surface area contributed by atoms with Gasteiger partial charge in [-0.25, -0.2) is 99.7 Å². The number of nitrogens with one attached hydrogen (secondary N) is 1. The Morgan fingerprint density at radius 2 is 0.672 bits per heavy atom. The van der Waals surface area contributed by atoms with Crippen molar-refractivity contribution in [1.29, 1.82) is 0 Å². The van der Waals surface area contributed by atoms with E-state index >= 15 is 0 Å². The van der Waals surface area contributed by atoms with E-state index in [1.54, 1.807) is 68.6 Å². The smallest absolute Gasteiger partial charge is 0.228 e. The third-order valence-electron chi connectivity index (χ3n) is 18.9. The summed E-state index contributed by atoms with van der Waals surface area (Å²) >= 11 is 32.4. The molecule has 16 aromatic rings. The summed E-state index contributed by atoms with van der Waals surface area (Å²) in [6.45, 7) is 31.3. The fourth-order valence-electron chi connectivity index (χ4n) is 13.0. The predicted molar refractivity (Wildman–Crippen MR) is 469 cm³/mol. The molecule has 3 saturated heterocycles. The summed E-state index contributed by atoms with van der Waals surface area (Å²) in [4.78, 5) is 121. The van der Waals surface area contributed by atoms with Gasteiger partial charge >= 0.3 is 0 Å². The zero-order chi connectivity index (χ0) is 86.3. The van der Waals surface area contributed by atoms with Crippen molar-refractivity contribution < 1.29 is 14.2 Å². The summed E-state index contributed by atoms with van der Waals surface area (Å²) < 4.78 is 27.1. The summed E-state index contributed by atoms with van der Waals surface area (Å²) in [5, 5.41) is 0.989. The van der Waals surface area contributed by atoms with Crippen molar-refractivity contribution in [2.24, 2.45) is 0 Å². The molecule has 0 bridgehead atoms. The number of hydrogen-bond acceptors (Lipinski definition) is 36. The molecule has 19 heterocycles. The lowest BCUT2D eigenvalue weighted by Crippen LogP contribution is -2.37. The van der Waals surface area contributed by atoms with Crippen LogP contribution < -0.4 is 37.6 Å². The molecule has 16 aromatic heterocycles. The molecule has 9 N–H and O–H groups in total. The van der Waals surface area contributed by atoms with E-state index < -0.39 is 0 Å². The molecular formula is C74H83BrCl5N39O3. The van der Waals surface area contributed by atoms with Gasteiger partial charge in [0.15, 0.2) is 48.9 Å². The van der Waals surface area contributed by atoms with Gasteiger partial charge in [-0.05, 0) is 127 Å². The molecule has 0 aliphatic carbocycles. The second-order valence-electron chi connectivity index (χ2n) is 28.8. The number of aryl methyl sites for hydroxylation is 1. The SMILES string of the molecule is CC(C)n1c(Br)nc2c(-c3cnc(N)nc3)nc(N3CCOCC3)nc21.CC(C)n1cnc2c(-c3cnc(N)nc3)nc(Cl)nc21.CC(C)n1cnc2c(-c3cnc(N)nc3)nc(N3CCOCC3)nc21.CC(C)n1cnc2c(Cl)nc(Cl)nc21.Cc1nc2c(-c3cnc(N)nc3)nc(N3CCOCC3)nc2n1C(C)C.Clc1nc(Cl)c2[nH]cnc2n1. The highest BCUT2D eigenvalue weighted by Crippen LogP contribution is 2.36. The standard InChI is InChI=1S/C17H22N8O.C16H19BrN8O.C16H20N8O.C12H12ClN7.C8H8Cl2N4.C5H2Cl2N4/c1-10(2)25-11(3)21-14-13(12-8-19-16(18)20-9-12)22-17(23-15(14)25)24-4-6-26-7-5-24;1-9(2)25-13-12(21-14(25)17)11(10-7-19-15(18)20-8-10)22-16(23-13)24-3-5-26-6-4-24;1-10(2)24-9-20-13-12(11-7-18-15(17)19-8-11)21-16(22-14(13)24)23-3-5-25-6-4-23;1-6(2)20-5-17-9-8(18-11(13)19-10(9)20)7-3-15-12(14)16-4-7;1-4(2)14-3-11-5-6(9)12-8(10)13-7(5)14;6-3-2-4(9-1-8-2)11-5(7)10-3/h8-10H,4-7H2,1-3H3,(H2,18,19,20);7-9H,3-6H2,1-2H3,(H2,18,19,20);7-10H,3-6H2,1-2H3,(H2,17,18,19);3-6H,1-2H3,(H2,14,15,16);3-4H,1-2H3;1H,(H,8,9,10,11). The van der Waals surface area contributed by atoms with Crippen molar-refractivity contribution in [3.8, 4) is 45.0 Å². The van der Waals surface area contributed by atoms with Crippen LogP contribution >= 0.6 is 73.9 Å². The van der Waals surface area contributed by atoms with Crippen molar-refractivity contribution in [2.45, 2.75) is 106 Å². The molecule has 122 heavy (non-hydrogen) atoms. The Kier molecular flexibility index (Phi) is 26.9. The van der Waals surface area contributed by atoms with Crippen LogP contribution in [0.3, 0.4) is 0 Å². The zero-order valence-electron chi connectivity index (χ0n) is 67.8. The number of H-pyrrole nitrogens is 1. The van der Waals surface area contributed by atoms with Crippen molar-refractivity contribution in [3.05, 3.63) is 112 Å². The van der Waals surface area contributed by atoms with Crippen LogP contribution in [0, 0.1) is 6.92 Å². The van der Waals surface area contributed by atoms with E-state index in [4.69, 9.17) is 130 Å². The number of halogens is 6. The Morgan fingerprint density at radius 1 is 0.344 bits per heavy atom. The van der Waals surface area contributed by atoms with Crippen LogP contribution in [-0.4, -0.2) is 236 Å². The molecule has 19 rings (SSSR count). The molecule has 0 saturated carbocycles. The van der Waals surface area contributed by atoms with Crippen LogP contribution in [-0.2, 0) is 14.2 Å². The van der Waals surface area contributed by atoms with E-state index in [0.717, 1.165) is 95.5 Å². The lowest BCUT2D eigenvalue weighted by molar-refractivity contribution is 0.122. The van der Waals surface area contributed by atoms with Gasteiger partial charge in [0.25, 0.3) is 0 Å². The molecule has 634 valence electrons. The van der Waals surface area contributed by atoms with Gasteiger partial charge in [0.1, 0.15) is 61.7 Å². The normalized spacial score (nSPS) is 13.7. The maximum atomic E-state index is 6.01. The number of aromatic nitrogens is 32. The topological polar surface area (TPSA) is 517 Å². The van der Waals surface area contributed by atoms with E-state index in [1.165, 1.54) is 6.33 Å². The summed E-state index contributed by atoms with van der Waals surface area (Å²) in [6, 6.07) is 1.16. The minimum atomic E-state index is 0.106. The third kappa shape index (κ3) is 19.3. The van der Waals surface area contributed by atoms with Gasteiger partial charge in [-0.1, -0.05) is 23.2 Å². The number of aromatic amines is 1. The van der Waals surface area contributed by atoms with Crippen LogP contribution in [0.15, 0.2) is 79.6 Å². The second kappa shape index (κ2) is 38.0. The first-order chi connectivity index (χ1) is 58.6. The van der Waals surface area contributed by atoms with E-state index in [2.05, 4.69) is 176 Å². The molecule has 3 aliphatic heterocycles. The first kappa shape index (κ1) is 86.4. The molecule has 48 heteroatoms. The number of imidazole rings is 6. The maximum absolute atomic E-state index is 6.01. The number of nitrogen functional groups attached to an aromatic ring is 4. The largest absolute Gasteiger partial charge is 0.378 e. The number of ether oxygens (including phenoxy) is 3. The summed E-state index contributed by atoms with van der Waals surface area (Å²) in [7, 11) is 0. The van der Waals surface area contributed by atoms with Gasteiger partial charge in [0, 0.05) is 141 Å². The van der Waals surface area contributed by atoms with Crippen molar-refractivity contribution >= 4 is 183 Å². The number of rotatable bonds is 12. The van der Waals surface area contributed by atoms with Crippen molar-refractivity contribution in [3.63, 3.8) is 0 Å². The summed E-state index contributed by atoms with van der Waals surface area (Å²) in [5.74, 6) is 3.80. The first-order valence-corrected chi connectivity index (χ1v) is 41.1. The minimum Gasteiger partial charge on any atom is -0.378 e. The lowest BCUT2D eigenvalue weighted by atomic mass is 10.2. The number of fused-ring (bicyclic) bond motifs is 6. The van der Waals surface area contributed by atoms with Gasteiger partial charge in [-0.3, -0.25) is 0 Å². The molecule has 42 nitrogen and oxygen atoms in total. The highest BCUT2D eigenvalue weighted by atomic mass is 79.9. The van der Waals surface area contributed by atoms with Gasteiger partial charge in [0.05, 0.1) is 65.0 Å². The molecule has 0 spiro atoms. The molecule has 0 aromatic carbocycles. The average molecular weight is 1820 g/mol. The van der Waals surface area contributed by atoms with Crippen LogP contribution in [0.5, 0.6) is 0 Å². The highest BCUT2D eigenvalue weighted by molar-refractivity contribution is 9.10. The van der Waals surface area contributed by atoms with Crippen LogP contribution in [0.25, 0.3) is 112 Å². The molecule has 0 unspecified atom stereocenters. The molecule has 0 atom stereocenters. The van der Waals surface area contributed by atoms with Crippen LogP contribution in [0.4, 0.5) is 41.6 Å². The molecule has 0 amide bonds. The Labute approximate surface area is 729 Å². The Balaban J connectivity index is 0.000000122. The number of nitrogens with zero attached hydrogens (tertiary/aromatic N) is 34. The van der Waals surface area contributed by atoms with E-state index in [9.17, 15) is 0 Å². The fourth-order valence-corrected chi connectivity index (χ4v) is 14.8. The van der Waals surface area contributed by atoms with Crippen LogP contribution in [0.1, 0.15) is 105 Å². The third-order valence-corrected chi connectivity index (χ3v) is 20.5. The second-order valence-corrected chi connectivity index (χ2v) is 31.2. The Bertz CT molecular complexity index is 6170. The quantitative estimate of drug-likeness (QED) is 0.0431. The van der Waals surface area contributed by atoms with E-state index in [1.807, 2.05) is 52.9 Å². The highest BCUT2D eigenvalue weighted by Gasteiger charge is 2.28. The number of hydrogen-bond donors (Lipinski definition) is 5. The number of anilines is 7. The van der Waals surface area contributed by atoms with Crippen molar-refractivity contribution in [2.75, 3.05) is 117 Å². The minimum absolute atomic E-state index is 0.106. The summed E-state index contributed by atoms with van der Waals surface area (Å²) in [6.07, 6.45) is 19.9. The van der Waals surface area contributed by atoms with Gasteiger partial charge in [0.2, 0.25) is 57.5 Å². The average Bonchev–Trinajstić information content (AvgIpc) is 1.62. The van der Waals surface area contributed by atoms with Crippen LogP contribution in [0.2, 0.25) is 26.2 Å².